The smallest absolute Gasteiger partial charge is 0.374 e. The van der Waals surface area contributed by atoms with E-state index in [4.69, 9.17) is 8.85 Å². The molecule has 0 fully saturated rings. The molecule has 0 spiro atoms. The van der Waals surface area contributed by atoms with Crippen molar-refractivity contribution in [2.24, 2.45) is 0 Å². The van der Waals surface area contributed by atoms with Gasteiger partial charge < -0.3 is 8.85 Å². The molecule has 0 aliphatic heterocycles. The van der Waals surface area contributed by atoms with E-state index in [1.807, 2.05) is 14.2 Å². The topological polar surface area (TPSA) is 24.9 Å². The van der Waals surface area contributed by atoms with E-state index in [0.717, 1.165) is 26.2 Å². The van der Waals surface area contributed by atoms with Crippen LogP contribution < -0.4 is 0 Å². The molecule has 27 heavy (non-hydrogen) atoms. The number of rotatable bonds is 20. The summed E-state index contributed by atoms with van der Waals surface area (Å²) in [5, 5.41) is 0. The summed E-state index contributed by atoms with van der Waals surface area (Å²) in [4.78, 5) is 0. The maximum Gasteiger partial charge on any atom is 0.521 e. The van der Waals surface area contributed by atoms with E-state index in [2.05, 4.69) is 36.8 Å². The molecule has 5 heteroatoms. The number of unbranched alkanes of at least 4 members (excludes halogenated alkanes) is 8. The van der Waals surface area contributed by atoms with Crippen LogP contribution >= 0.6 is 0 Å². The summed E-state index contributed by atoms with van der Waals surface area (Å²) >= 11 is 0. The van der Waals surface area contributed by atoms with Gasteiger partial charge in [-0.1, -0.05) is 79.1 Å². The van der Waals surface area contributed by atoms with Crippen molar-refractivity contribution in [1.82, 2.24) is 9.13 Å². The molecule has 0 atom stereocenters. The Balaban J connectivity index is 5.38. The van der Waals surface area contributed by atoms with Gasteiger partial charge in [-0.05, 0) is 51.9 Å². The van der Waals surface area contributed by atoms with Gasteiger partial charge in [0.1, 0.15) is 0 Å². The fraction of sp³-hybridized carbons (Fsp3) is 1.00. The predicted octanol–water partition coefficient (Wildman–Crippen LogP) is 6.08. The Morgan fingerprint density at radius 3 is 0.926 bits per heavy atom. The first kappa shape index (κ1) is 27.1. The van der Waals surface area contributed by atoms with Gasteiger partial charge in [-0.3, -0.25) is 9.13 Å². The fourth-order valence-corrected chi connectivity index (χ4v) is 7.16. The second kappa shape index (κ2) is 18.1. The lowest BCUT2D eigenvalue weighted by molar-refractivity contribution is 0.0889. The molecule has 0 heterocycles. The third kappa shape index (κ3) is 10.4. The van der Waals surface area contributed by atoms with Gasteiger partial charge in [-0.2, -0.15) is 0 Å². The van der Waals surface area contributed by atoms with Gasteiger partial charge in [0.25, 0.3) is 0 Å². The second-order valence-corrected chi connectivity index (χ2v) is 10.9. The quantitative estimate of drug-likeness (QED) is 0.182. The SMILES string of the molecule is CCCCCN(CCCCC)[Si](OC)(OC)N(CCCCC)CCCCC. The Bertz CT molecular complexity index is 269. The van der Waals surface area contributed by atoms with Crippen molar-refractivity contribution in [2.75, 3.05) is 40.4 Å². The maximum atomic E-state index is 6.30. The van der Waals surface area contributed by atoms with Crippen LogP contribution in [0.3, 0.4) is 0 Å². The van der Waals surface area contributed by atoms with Gasteiger partial charge in [0.15, 0.2) is 0 Å². The maximum absolute atomic E-state index is 6.30. The van der Waals surface area contributed by atoms with E-state index >= 15 is 0 Å². The van der Waals surface area contributed by atoms with E-state index in [9.17, 15) is 0 Å². The monoisotopic (exact) mass is 402 g/mol. The fourth-order valence-electron chi connectivity index (χ4n) is 3.80. The van der Waals surface area contributed by atoms with E-state index in [-0.39, 0.29) is 0 Å². The Labute approximate surface area is 172 Å². The zero-order chi connectivity index (χ0) is 20.4. The zero-order valence-corrected chi connectivity index (χ0v) is 20.5. The summed E-state index contributed by atoms with van der Waals surface area (Å²) in [6, 6.07) is 0. The van der Waals surface area contributed by atoms with Crippen LogP contribution in [0.1, 0.15) is 105 Å². The van der Waals surface area contributed by atoms with Crippen LogP contribution in [0.2, 0.25) is 0 Å². The van der Waals surface area contributed by atoms with Crippen molar-refractivity contribution in [3.05, 3.63) is 0 Å². The van der Waals surface area contributed by atoms with Crippen molar-refractivity contribution in [1.29, 1.82) is 0 Å². The third-order valence-electron chi connectivity index (χ3n) is 5.46. The minimum Gasteiger partial charge on any atom is -0.374 e. The molecule has 0 aromatic carbocycles. The predicted molar refractivity (Wildman–Crippen MR) is 121 cm³/mol. The Kier molecular flexibility index (Phi) is 18.1. The van der Waals surface area contributed by atoms with Crippen LogP contribution in [0.5, 0.6) is 0 Å². The first-order valence-electron chi connectivity index (χ1n) is 11.8. The molecule has 0 saturated heterocycles. The first-order valence-corrected chi connectivity index (χ1v) is 13.5. The number of nitrogens with zero attached hydrogens (tertiary/aromatic N) is 2. The number of hydrogen-bond acceptors (Lipinski definition) is 4. The van der Waals surface area contributed by atoms with Gasteiger partial charge in [0.2, 0.25) is 0 Å². The minimum absolute atomic E-state index is 1.10. The molecule has 0 N–H and O–H groups in total. The third-order valence-corrected chi connectivity index (χ3v) is 9.01. The molecule has 0 aliphatic rings. The lowest BCUT2D eigenvalue weighted by Gasteiger charge is -2.44. The van der Waals surface area contributed by atoms with Crippen LogP contribution in [0.25, 0.3) is 0 Å². The molecule has 0 aromatic rings. The highest BCUT2D eigenvalue weighted by Crippen LogP contribution is 2.22. The molecule has 0 aromatic heterocycles. The Morgan fingerprint density at radius 2 is 0.741 bits per heavy atom. The van der Waals surface area contributed by atoms with Gasteiger partial charge >= 0.3 is 8.88 Å². The van der Waals surface area contributed by atoms with Crippen LogP contribution in [0.4, 0.5) is 0 Å². The van der Waals surface area contributed by atoms with Gasteiger partial charge in [0, 0.05) is 14.2 Å². The summed E-state index contributed by atoms with van der Waals surface area (Å²) in [5.74, 6) is 0. The van der Waals surface area contributed by atoms with Crippen molar-refractivity contribution in [2.45, 2.75) is 105 Å². The molecule has 0 aliphatic carbocycles. The highest BCUT2D eigenvalue weighted by atomic mass is 28.4. The lowest BCUT2D eigenvalue weighted by atomic mass is 10.2. The molecule has 0 bridgehead atoms. The average Bonchev–Trinajstić information content (AvgIpc) is 2.69. The molecular formula is C22H50N2O2Si. The molecule has 0 radical (unpaired) electrons. The molecule has 0 unspecified atom stereocenters. The minimum atomic E-state index is -2.54. The van der Waals surface area contributed by atoms with Crippen molar-refractivity contribution < 1.29 is 8.85 Å². The van der Waals surface area contributed by atoms with Crippen molar-refractivity contribution in [3.8, 4) is 0 Å². The summed E-state index contributed by atoms with van der Waals surface area (Å²) in [6.07, 6.45) is 15.1. The van der Waals surface area contributed by atoms with Crippen LogP contribution in [0, 0.1) is 0 Å². The highest BCUT2D eigenvalue weighted by molar-refractivity contribution is 6.61. The molecule has 0 amide bonds. The molecule has 0 saturated carbocycles. The van der Waals surface area contributed by atoms with Crippen LogP contribution in [0.15, 0.2) is 0 Å². The van der Waals surface area contributed by atoms with Gasteiger partial charge in [-0.15, -0.1) is 0 Å². The van der Waals surface area contributed by atoms with Crippen LogP contribution in [-0.4, -0.2) is 58.4 Å². The van der Waals surface area contributed by atoms with E-state index in [1.54, 1.807) is 0 Å². The van der Waals surface area contributed by atoms with E-state index < -0.39 is 8.88 Å². The molecule has 4 nitrogen and oxygen atoms in total. The summed E-state index contributed by atoms with van der Waals surface area (Å²) in [7, 11) is 1.23. The van der Waals surface area contributed by atoms with Crippen molar-refractivity contribution >= 4 is 8.88 Å². The summed E-state index contributed by atoms with van der Waals surface area (Å²) in [5.41, 5.74) is 0. The first-order chi connectivity index (χ1) is 13.2. The van der Waals surface area contributed by atoms with E-state index in [0.29, 0.717) is 0 Å². The molecule has 0 rings (SSSR count). The molecule has 164 valence electrons. The zero-order valence-electron chi connectivity index (χ0n) is 19.5. The van der Waals surface area contributed by atoms with Gasteiger partial charge in [-0.25, -0.2) is 0 Å². The Hall–Kier alpha value is 0.0569. The highest BCUT2D eigenvalue weighted by Gasteiger charge is 2.49. The Morgan fingerprint density at radius 1 is 0.481 bits per heavy atom. The van der Waals surface area contributed by atoms with Crippen molar-refractivity contribution in [3.63, 3.8) is 0 Å². The number of hydrogen-bond donors (Lipinski definition) is 0. The van der Waals surface area contributed by atoms with Gasteiger partial charge in [0.05, 0.1) is 0 Å². The summed E-state index contributed by atoms with van der Waals surface area (Å²) < 4.78 is 17.8. The van der Waals surface area contributed by atoms with E-state index in [1.165, 1.54) is 77.0 Å². The largest absolute Gasteiger partial charge is 0.521 e. The lowest BCUT2D eigenvalue weighted by Crippen LogP contribution is -2.69. The van der Waals surface area contributed by atoms with Crippen LogP contribution in [-0.2, 0) is 8.85 Å². The normalized spacial score (nSPS) is 12.4. The second-order valence-electron chi connectivity index (χ2n) is 7.76. The standard InChI is InChI=1S/C22H50N2O2Si/c1-7-11-15-19-23(20-16-12-8-2)27(25-5,26-6)24(21-17-13-9-3)22-18-14-10-4/h7-22H2,1-6H3. The summed E-state index contributed by atoms with van der Waals surface area (Å²) in [6.45, 7) is 13.5. The molecular weight excluding hydrogens is 352 g/mol. The average molecular weight is 403 g/mol.